The summed E-state index contributed by atoms with van der Waals surface area (Å²) >= 11 is 0. The van der Waals surface area contributed by atoms with Crippen LogP contribution in [0.2, 0.25) is 0 Å². The largest absolute Gasteiger partial charge is 0.480 e. The van der Waals surface area contributed by atoms with Crippen molar-refractivity contribution in [3.8, 4) is 0 Å². The smallest absolute Gasteiger partial charge is 0.326 e. The highest BCUT2D eigenvalue weighted by atomic mass is 16.4. The molecule has 1 heterocycles. The number of hydrogen-bond acceptors (Lipinski definition) is 2. The number of amides is 1. The topological polar surface area (TPSA) is 82.2 Å². The van der Waals surface area contributed by atoms with E-state index < -0.39 is 12.0 Å². The molecule has 1 amide bonds. The van der Waals surface area contributed by atoms with Gasteiger partial charge in [0.05, 0.1) is 0 Å². The van der Waals surface area contributed by atoms with E-state index in [1.54, 1.807) is 0 Å². The second-order valence-electron chi connectivity index (χ2n) is 9.38. The first-order chi connectivity index (χ1) is 16.6. The van der Waals surface area contributed by atoms with Gasteiger partial charge >= 0.3 is 5.97 Å². The number of aromatic amines is 1. The average molecular weight is 469 g/mol. The number of hydrogen-bond donors (Lipinski definition) is 3. The van der Waals surface area contributed by atoms with Crippen molar-refractivity contribution in [1.82, 2.24) is 10.3 Å². The van der Waals surface area contributed by atoms with Crippen molar-refractivity contribution >= 4 is 22.8 Å². The predicted molar refractivity (Wildman–Crippen MR) is 141 cm³/mol. The van der Waals surface area contributed by atoms with Gasteiger partial charge in [0.2, 0.25) is 5.91 Å². The lowest BCUT2D eigenvalue weighted by atomic mass is 10.1. The SMILES string of the molecule is CCCCCCCC/C=C\CCCCCCCC(=O)N[C@@H](Cc1cc2ccccc2[nH]1)C(=O)O. The molecule has 0 spiro atoms. The Labute approximate surface area is 205 Å². The fourth-order valence-electron chi connectivity index (χ4n) is 4.29. The number of fused-ring (bicyclic) bond motifs is 1. The summed E-state index contributed by atoms with van der Waals surface area (Å²) in [4.78, 5) is 27.1. The molecule has 34 heavy (non-hydrogen) atoms. The number of aliphatic carboxylic acids is 1. The zero-order chi connectivity index (χ0) is 24.4. The van der Waals surface area contributed by atoms with Gasteiger partial charge in [-0.25, -0.2) is 4.79 Å². The van der Waals surface area contributed by atoms with E-state index in [1.165, 1.54) is 57.8 Å². The number of H-pyrrole nitrogens is 1. The van der Waals surface area contributed by atoms with E-state index in [9.17, 15) is 14.7 Å². The fraction of sp³-hybridized carbons (Fsp3) is 0.586. The summed E-state index contributed by atoms with van der Waals surface area (Å²) in [5.74, 6) is -1.18. The quantitative estimate of drug-likeness (QED) is 0.149. The van der Waals surface area contributed by atoms with Gasteiger partial charge in [-0.15, -0.1) is 0 Å². The van der Waals surface area contributed by atoms with Crippen molar-refractivity contribution in [1.29, 1.82) is 0 Å². The van der Waals surface area contributed by atoms with E-state index in [0.29, 0.717) is 6.42 Å². The number of para-hydroxylation sites is 1. The van der Waals surface area contributed by atoms with Crippen molar-refractivity contribution in [2.75, 3.05) is 0 Å². The van der Waals surface area contributed by atoms with E-state index in [4.69, 9.17) is 0 Å². The maximum Gasteiger partial charge on any atom is 0.326 e. The van der Waals surface area contributed by atoms with Crippen LogP contribution in [0.1, 0.15) is 103 Å². The first-order valence-electron chi connectivity index (χ1n) is 13.3. The number of nitrogens with one attached hydrogen (secondary N) is 2. The molecule has 0 unspecified atom stereocenters. The van der Waals surface area contributed by atoms with Gasteiger partial charge in [0.15, 0.2) is 0 Å². The summed E-state index contributed by atoms with van der Waals surface area (Å²) in [7, 11) is 0. The van der Waals surface area contributed by atoms with Crippen LogP contribution in [0.15, 0.2) is 42.5 Å². The molecule has 0 bridgehead atoms. The average Bonchev–Trinajstić information content (AvgIpc) is 3.23. The van der Waals surface area contributed by atoms with Crippen molar-refractivity contribution in [3.63, 3.8) is 0 Å². The highest BCUT2D eigenvalue weighted by molar-refractivity contribution is 5.84. The lowest BCUT2D eigenvalue weighted by Gasteiger charge is -2.13. The number of unbranched alkanes of at least 4 members (excludes halogenated alkanes) is 11. The highest BCUT2D eigenvalue weighted by Crippen LogP contribution is 2.16. The van der Waals surface area contributed by atoms with Crippen LogP contribution < -0.4 is 5.32 Å². The maximum atomic E-state index is 12.3. The second kappa shape index (κ2) is 17.0. The molecule has 2 aromatic rings. The Bertz CT molecular complexity index is 838. The minimum Gasteiger partial charge on any atom is -0.480 e. The van der Waals surface area contributed by atoms with Gasteiger partial charge in [0, 0.05) is 24.1 Å². The molecule has 1 aromatic heterocycles. The minimum absolute atomic E-state index is 0.180. The fourth-order valence-corrected chi connectivity index (χ4v) is 4.29. The lowest BCUT2D eigenvalue weighted by Crippen LogP contribution is -2.42. The number of carboxylic acid groups (broad SMARTS) is 1. The number of aromatic nitrogens is 1. The Morgan fingerprint density at radius 2 is 1.53 bits per heavy atom. The van der Waals surface area contributed by atoms with Gasteiger partial charge < -0.3 is 15.4 Å². The number of rotatable bonds is 19. The third-order valence-corrected chi connectivity index (χ3v) is 6.31. The van der Waals surface area contributed by atoms with E-state index >= 15 is 0 Å². The number of carbonyl (C=O) groups excluding carboxylic acids is 1. The van der Waals surface area contributed by atoms with Crippen LogP contribution in [0, 0.1) is 0 Å². The van der Waals surface area contributed by atoms with Gasteiger partial charge in [0.1, 0.15) is 6.04 Å². The Morgan fingerprint density at radius 1 is 0.912 bits per heavy atom. The molecule has 0 fully saturated rings. The summed E-state index contributed by atoms with van der Waals surface area (Å²) in [6.45, 7) is 2.25. The number of carbonyl (C=O) groups is 2. The van der Waals surface area contributed by atoms with Crippen LogP contribution in [0.4, 0.5) is 0 Å². The Kier molecular flexibility index (Phi) is 13.8. The molecule has 5 heteroatoms. The molecule has 0 radical (unpaired) electrons. The molecule has 3 N–H and O–H groups in total. The van der Waals surface area contributed by atoms with Crippen molar-refractivity contribution < 1.29 is 14.7 Å². The highest BCUT2D eigenvalue weighted by Gasteiger charge is 2.21. The van der Waals surface area contributed by atoms with Crippen molar-refractivity contribution in [2.24, 2.45) is 0 Å². The van der Waals surface area contributed by atoms with Crippen molar-refractivity contribution in [3.05, 3.63) is 48.2 Å². The van der Waals surface area contributed by atoms with Crippen LogP contribution in [-0.2, 0) is 16.0 Å². The molecule has 5 nitrogen and oxygen atoms in total. The molecular formula is C29H44N2O3. The zero-order valence-electron chi connectivity index (χ0n) is 21.0. The number of allylic oxidation sites excluding steroid dienone is 2. The van der Waals surface area contributed by atoms with Crippen LogP contribution in [-0.4, -0.2) is 28.0 Å². The summed E-state index contributed by atoms with van der Waals surface area (Å²) in [5.41, 5.74) is 1.79. The maximum absolute atomic E-state index is 12.3. The summed E-state index contributed by atoms with van der Waals surface area (Å²) in [6, 6.07) is 8.86. The standard InChI is InChI=1S/C29H44N2O3/c1-2-3-4-5-6-7-8-9-10-11-12-13-14-15-16-21-28(32)31-27(29(33)34)23-25-22-24-19-17-18-20-26(24)30-25/h9-10,17-20,22,27,30H,2-8,11-16,21,23H2,1H3,(H,31,32)(H,33,34)/b10-9-/t27-/m0/s1. The zero-order valence-corrected chi connectivity index (χ0v) is 21.0. The van der Waals surface area contributed by atoms with E-state index in [2.05, 4.69) is 29.4 Å². The summed E-state index contributed by atoms with van der Waals surface area (Å²) in [5, 5.41) is 13.3. The van der Waals surface area contributed by atoms with Gasteiger partial charge in [0.25, 0.3) is 0 Å². The van der Waals surface area contributed by atoms with Crippen LogP contribution in [0.25, 0.3) is 10.9 Å². The second-order valence-corrected chi connectivity index (χ2v) is 9.38. The van der Waals surface area contributed by atoms with E-state index in [-0.39, 0.29) is 12.3 Å². The molecule has 0 aliphatic rings. The summed E-state index contributed by atoms with van der Waals surface area (Å²) in [6.07, 6.45) is 21.1. The Balaban J connectivity index is 1.50. The van der Waals surface area contributed by atoms with Crippen molar-refractivity contribution in [2.45, 2.75) is 109 Å². The number of benzene rings is 1. The van der Waals surface area contributed by atoms with E-state index in [0.717, 1.165) is 42.3 Å². The number of carboxylic acids is 1. The Hall–Kier alpha value is -2.56. The summed E-state index contributed by atoms with van der Waals surface area (Å²) < 4.78 is 0. The van der Waals surface area contributed by atoms with Gasteiger partial charge in [-0.2, -0.15) is 0 Å². The van der Waals surface area contributed by atoms with Crippen LogP contribution >= 0.6 is 0 Å². The van der Waals surface area contributed by atoms with Gasteiger partial charge in [-0.3, -0.25) is 4.79 Å². The molecule has 0 saturated heterocycles. The predicted octanol–water partition coefficient (Wildman–Crippen LogP) is 7.32. The first-order valence-corrected chi connectivity index (χ1v) is 13.3. The molecule has 0 saturated carbocycles. The molecule has 0 aliphatic heterocycles. The molecule has 2 rings (SSSR count). The lowest BCUT2D eigenvalue weighted by molar-refractivity contribution is -0.141. The molecule has 1 atom stereocenters. The van der Waals surface area contributed by atoms with E-state index in [1.807, 2.05) is 30.3 Å². The third kappa shape index (κ3) is 11.5. The molecule has 1 aromatic carbocycles. The first kappa shape index (κ1) is 27.7. The molecule has 188 valence electrons. The molecular weight excluding hydrogens is 424 g/mol. The van der Waals surface area contributed by atoms with Gasteiger partial charge in [-0.1, -0.05) is 88.6 Å². The van der Waals surface area contributed by atoms with Gasteiger partial charge in [-0.05, 0) is 49.6 Å². The normalized spacial score (nSPS) is 12.4. The van der Waals surface area contributed by atoms with Crippen LogP contribution in [0.5, 0.6) is 0 Å². The minimum atomic E-state index is -1.00. The van der Waals surface area contributed by atoms with Crippen LogP contribution in [0.3, 0.4) is 0 Å². The third-order valence-electron chi connectivity index (χ3n) is 6.31. The molecule has 0 aliphatic carbocycles. The monoisotopic (exact) mass is 468 g/mol. The Morgan fingerprint density at radius 3 is 2.18 bits per heavy atom.